The summed E-state index contributed by atoms with van der Waals surface area (Å²) in [4.78, 5) is 12.8. The van der Waals surface area contributed by atoms with Crippen LogP contribution in [0.5, 0.6) is 0 Å². The molecule has 1 aliphatic rings. The normalized spacial score (nSPS) is 14.8. The molecule has 6 nitrogen and oxygen atoms in total. The Morgan fingerprint density at radius 2 is 1.59 bits per heavy atom. The summed E-state index contributed by atoms with van der Waals surface area (Å²) >= 11 is 0. The number of carbonyl (C=O) groups excluding carboxylic acids is 1. The SMILES string of the molecule is Cc1ccc(NC(=O)Cc2ccc(-c3ccccc3)cc2)cc1S(=O)(=O)N1CCOCC1. The van der Waals surface area contributed by atoms with Crippen LogP contribution in [0.4, 0.5) is 5.69 Å². The Labute approximate surface area is 188 Å². The number of sulfonamides is 1. The van der Waals surface area contributed by atoms with Gasteiger partial charge < -0.3 is 10.1 Å². The molecule has 4 rings (SSSR count). The average Bonchev–Trinajstić information content (AvgIpc) is 2.82. The van der Waals surface area contributed by atoms with Gasteiger partial charge in [0.15, 0.2) is 0 Å². The molecule has 0 unspecified atom stereocenters. The highest BCUT2D eigenvalue weighted by Crippen LogP contribution is 2.25. The average molecular weight is 451 g/mol. The van der Waals surface area contributed by atoms with Gasteiger partial charge >= 0.3 is 0 Å². The molecule has 0 aliphatic carbocycles. The number of anilines is 1. The summed E-state index contributed by atoms with van der Waals surface area (Å²) in [5.74, 6) is -0.198. The minimum atomic E-state index is -3.64. The van der Waals surface area contributed by atoms with E-state index in [4.69, 9.17) is 4.74 Å². The first-order chi connectivity index (χ1) is 15.4. The zero-order chi connectivity index (χ0) is 22.6. The molecule has 3 aromatic rings. The van der Waals surface area contributed by atoms with Crippen molar-refractivity contribution < 1.29 is 17.9 Å². The number of carbonyl (C=O) groups is 1. The summed E-state index contributed by atoms with van der Waals surface area (Å²) in [7, 11) is -3.64. The maximum absolute atomic E-state index is 13.0. The monoisotopic (exact) mass is 450 g/mol. The van der Waals surface area contributed by atoms with E-state index in [1.54, 1.807) is 19.1 Å². The second-order valence-electron chi connectivity index (χ2n) is 7.78. The molecule has 1 amide bonds. The van der Waals surface area contributed by atoms with Crippen LogP contribution in [-0.2, 0) is 26.0 Å². The van der Waals surface area contributed by atoms with Crippen molar-refractivity contribution in [2.45, 2.75) is 18.2 Å². The molecule has 7 heteroatoms. The number of rotatable bonds is 6. The zero-order valence-electron chi connectivity index (χ0n) is 18.0. The Bertz CT molecular complexity index is 1190. The van der Waals surface area contributed by atoms with E-state index >= 15 is 0 Å². The Hall–Kier alpha value is -3.00. The summed E-state index contributed by atoms with van der Waals surface area (Å²) in [5, 5.41) is 2.83. The fraction of sp³-hybridized carbons (Fsp3) is 0.240. The van der Waals surface area contributed by atoms with Crippen molar-refractivity contribution in [3.63, 3.8) is 0 Å². The highest BCUT2D eigenvalue weighted by Gasteiger charge is 2.28. The molecule has 3 aromatic carbocycles. The summed E-state index contributed by atoms with van der Waals surface area (Å²) < 4.78 is 32.8. The molecule has 1 N–H and O–H groups in total. The molecule has 1 fully saturated rings. The van der Waals surface area contributed by atoms with E-state index in [-0.39, 0.29) is 17.2 Å². The third-order valence-corrected chi connectivity index (χ3v) is 7.53. The van der Waals surface area contributed by atoms with Gasteiger partial charge in [-0.1, -0.05) is 60.7 Å². The van der Waals surface area contributed by atoms with Gasteiger partial charge in [-0.25, -0.2) is 8.42 Å². The van der Waals surface area contributed by atoms with Gasteiger partial charge in [-0.15, -0.1) is 0 Å². The molecule has 0 atom stereocenters. The molecule has 0 aromatic heterocycles. The van der Waals surface area contributed by atoms with E-state index in [1.807, 2.05) is 54.6 Å². The Kier molecular flexibility index (Phi) is 6.69. The minimum absolute atomic E-state index is 0.198. The number of hydrogen-bond donors (Lipinski definition) is 1. The quantitative estimate of drug-likeness (QED) is 0.619. The number of benzene rings is 3. The molecule has 0 spiro atoms. The molecule has 1 heterocycles. The molecule has 1 saturated heterocycles. The zero-order valence-corrected chi connectivity index (χ0v) is 18.8. The lowest BCUT2D eigenvalue weighted by atomic mass is 10.0. The van der Waals surface area contributed by atoms with Gasteiger partial charge in [0.2, 0.25) is 15.9 Å². The van der Waals surface area contributed by atoms with Crippen molar-refractivity contribution in [1.29, 1.82) is 0 Å². The number of amides is 1. The van der Waals surface area contributed by atoms with Crippen LogP contribution in [0, 0.1) is 6.92 Å². The van der Waals surface area contributed by atoms with Crippen molar-refractivity contribution in [3.05, 3.63) is 83.9 Å². The van der Waals surface area contributed by atoms with Gasteiger partial charge in [-0.2, -0.15) is 4.31 Å². The Morgan fingerprint density at radius 3 is 2.28 bits per heavy atom. The first kappa shape index (κ1) is 22.2. The standard InChI is InChI=1S/C25H26N2O4S/c1-19-7-12-23(18-24(19)32(29,30)27-13-15-31-16-14-27)26-25(28)17-20-8-10-22(11-9-20)21-5-3-2-4-6-21/h2-12,18H,13-17H2,1H3,(H,26,28). The molecule has 0 radical (unpaired) electrons. The Morgan fingerprint density at radius 1 is 0.938 bits per heavy atom. The van der Waals surface area contributed by atoms with Crippen molar-refractivity contribution in [2.75, 3.05) is 31.6 Å². The first-order valence-electron chi connectivity index (χ1n) is 10.6. The maximum Gasteiger partial charge on any atom is 0.243 e. The van der Waals surface area contributed by atoms with Gasteiger partial charge in [0.25, 0.3) is 0 Å². The molecule has 1 aliphatic heterocycles. The van der Waals surface area contributed by atoms with Crippen molar-refractivity contribution >= 4 is 21.6 Å². The van der Waals surface area contributed by atoms with Crippen molar-refractivity contribution in [1.82, 2.24) is 4.31 Å². The van der Waals surface area contributed by atoms with Crippen LogP contribution >= 0.6 is 0 Å². The molecule has 166 valence electrons. The highest BCUT2D eigenvalue weighted by atomic mass is 32.2. The third kappa shape index (κ3) is 5.07. The maximum atomic E-state index is 13.0. The van der Waals surface area contributed by atoms with E-state index in [1.165, 1.54) is 10.4 Å². The number of morpholine rings is 1. The smallest absolute Gasteiger partial charge is 0.243 e. The van der Waals surface area contributed by atoms with Crippen LogP contribution in [-0.4, -0.2) is 44.9 Å². The van der Waals surface area contributed by atoms with E-state index in [0.29, 0.717) is 37.6 Å². The fourth-order valence-corrected chi connectivity index (χ4v) is 5.38. The van der Waals surface area contributed by atoms with Crippen LogP contribution in [0.1, 0.15) is 11.1 Å². The van der Waals surface area contributed by atoms with Crippen molar-refractivity contribution in [2.24, 2.45) is 0 Å². The van der Waals surface area contributed by atoms with E-state index in [9.17, 15) is 13.2 Å². The summed E-state index contributed by atoms with van der Waals surface area (Å²) in [6, 6.07) is 22.9. The second-order valence-corrected chi connectivity index (χ2v) is 9.69. The second kappa shape index (κ2) is 9.65. The minimum Gasteiger partial charge on any atom is -0.379 e. The molecular formula is C25H26N2O4S. The van der Waals surface area contributed by atoms with E-state index < -0.39 is 10.0 Å². The molecule has 0 bridgehead atoms. The third-order valence-electron chi connectivity index (χ3n) is 5.49. The Balaban J connectivity index is 1.45. The topological polar surface area (TPSA) is 75.7 Å². The van der Waals surface area contributed by atoms with Crippen LogP contribution in [0.25, 0.3) is 11.1 Å². The number of hydrogen-bond acceptors (Lipinski definition) is 4. The first-order valence-corrected chi connectivity index (χ1v) is 12.0. The van der Waals surface area contributed by atoms with E-state index in [0.717, 1.165) is 16.7 Å². The predicted molar refractivity (Wildman–Crippen MR) is 125 cm³/mol. The van der Waals surface area contributed by atoms with E-state index in [2.05, 4.69) is 5.32 Å². The summed E-state index contributed by atoms with van der Waals surface area (Å²) in [6.07, 6.45) is 0.203. The van der Waals surface area contributed by atoms with Gasteiger partial charge in [0.1, 0.15) is 0 Å². The van der Waals surface area contributed by atoms with Crippen LogP contribution in [0.3, 0.4) is 0 Å². The number of aryl methyl sites for hydroxylation is 1. The largest absolute Gasteiger partial charge is 0.379 e. The predicted octanol–water partition coefficient (Wildman–Crippen LogP) is 3.86. The molecular weight excluding hydrogens is 424 g/mol. The number of ether oxygens (including phenoxy) is 1. The van der Waals surface area contributed by atoms with Gasteiger partial charge in [-0.05, 0) is 41.3 Å². The highest BCUT2D eigenvalue weighted by molar-refractivity contribution is 7.89. The molecule has 32 heavy (non-hydrogen) atoms. The van der Waals surface area contributed by atoms with Crippen molar-refractivity contribution in [3.8, 4) is 11.1 Å². The van der Waals surface area contributed by atoms with Gasteiger partial charge in [0, 0.05) is 18.8 Å². The molecule has 0 saturated carbocycles. The number of nitrogens with one attached hydrogen (secondary N) is 1. The van der Waals surface area contributed by atoms with Gasteiger partial charge in [-0.3, -0.25) is 4.79 Å². The fourth-order valence-electron chi connectivity index (χ4n) is 3.72. The summed E-state index contributed by atoms with van der Waals surface area (Å²) in [6.45, 7) is 3.19. The lowest BCUT2D eigenvalue weighted by molar-refractivity contribution is -0.115. The van der Waals surface area contributed by atoms with Crippen LogP contribution in [0.15, 0.2) is 77.7 Å². The van der Waals surface area contributed by atoms with Gasteiger partial charge in [0.05, 0.1) is 24.5 Å². The van der Waals surface area contributed by atoms with Crippen LogP contribution in [0.2, 0.25) is 0 Å². The lowest BCUT2D eigenvalue weighted by Crippen LogP contribution is -2.40. The van der Waals surface area contributed by atoms with Crippen LogP contribution < -0.4 is 5.32 Å². The summed E-state index contributed by atoms with van der Waals surface area (Å²) in [5.41, 5.74) is 4.21. The lowest BCUT2D eigenvalue weighted by Gasteiger charge is -2.26. The number of nitrogens with zero attached hydrogens (tertiary/aromatic N) is 1.